The molecule has 3 aromatic heterocycles. The Bertz CT molecular complexity index is 968. The largest absolute Gasteiger partial charge is 0.333 e. The molecule has 0 saturated heterocycles. The molecule has 0 spiro atoms. The summed E-state index contributed by atoms with van der Waals surface area (Å²) >= 11 is 4.65. The Morgan fingerprint density at radius 1 is 1.29 bits per heavy atom. The monoisotopic (exact) mass is 363 g/mol. The fourth-order valence-electron chi connectivity index (χ4n) is 2.42. The van der Waals surface area contributed by atoms with Gasteiger partial charge in [0, 0.05) is 6.20 Å². The van der Waals surface area contributed by atoms with Crippen molar-refractivity contribution in [3.63, 3.8) is 0 Å². The van der Waals surface area contributed by atoms with Gasteiger partial charge in [0.05, 0.1) is 21.2 Å². The molecule has 21 heavy (non-hydrogen) atoms. The van der Waals surface area contributed by atoms with E-state index in [9.17, 15) is 9.59 Å². The topological polar surface area (TPSA) is 67.8 Å². The van der Waals surface area contributed by atoms with E-state index in [-0.39, 0.29) is 5.56 Å². The highest BCUT2D eigenvalue weighted by Gasteiger charge is 2.24. The Hall–Kier alpha value is -1.73. The van der Waals surface area contributed by atoms with Crippen LogP contribution >= 0.6 is 27.3 Å². The molecule has 0 unspecified atom stereocenters. The van der Waals surface area contributed by atoms with Crippen LogP contribution < -0.4 is 11.2 Å². The number of rotatable bonds is 2. The van der Waals surface area contributed by atoms with Crippen molar-refractivity contribution in [3.8, 4) is 5.69 Å². The van der Waals surface area contributed by atoms with Crippen molar-refractivity contribution >= 4 is 37.5 Å². The van der Waals surface area contributed by atoms with Gasteiger partial charge in [0.1, 0.15) is 4.70 Å². The van der Waals surface area contributed by atoms with Crippen LogP contribution in [0.5, 0.6) is 0 Å². The van der Waals surface area contributed by atoms with Crippen LogP contribution in [0.25, 0.3) is 15.9 Å². The van der Waals surface area contributed by atoms with E-state index < -0.39 is 5.69 Å². The molecule has 1 fully saturated rings. The van der Waals surface area contributed by atoms with Gasteiger partial charge < -0.3 is 4.98 Å². The molecule has 1 saturated carbocycles. The molecular formula is C14H10BrN3O2S. The summed E-state index contributed by atoms with van der Waals surface area (Å²) in [5.74, 6) is 0.520. The maximum absolute atomic E-state index is 12.6. The molecule has 0 amide bonds. The van der Waals surface area contributed by atoms with Gasteiger partial charge in [-0.1, -0.05) is 0 Å². The average molecular weight is 364 g/mol. The molecule has 0 atom stereocenters. The molecule has 1 N–H and O–H groups in total. The zero-order valence-corrected chi connectivity index (χ0v) is 13.2. The Morgan fingerprint density at radius 3 is 2.86 bits per heavy atom. The Labute approximate surface area is 131 Å². The van der Waals surface area contributed by atoms with Crippen molar-refractivity contribution in [1.82, 2.24) is 14.5 Å². The van der Waals surface area contributed by atoms with Crippen molar-refractivity contribution < 1.29 is 0 Å². The number of pyridine rings is 1. The predicted molar refractivity (Wildman–Crippen MR) is 85.5 cm³/mol. The predicted octanol–water partition coefficient (Wildman–Crippen LogP) is 2.78. The molecule has 1 aliphatic rings. The second-order valence-electron chi connectivity index (χ2n) is 5.11. The van der Waals surface area contributed by atoms with Gasteiger partial charge in [-0.05, 0) is 52.4 Å². The summed E-state index contributed by atoms with van der Waals surface area (Å²) < 4.78 is 2.50. The first-order valence-electron chi connectivity index (χ1n) is 6.53. The molecule has 0 bridgehead atoms. The van der Waals surface area contributed by atoms with Gasteiger partial charge in [0.15, 0.2) is 0 Å². The van der Waals surface area contributed by atoms with Crippen LogP contribution in [-0.2, 0) is 0 Å². The number of thiophene rings is 1. The summed E-state index contributed by atoms with van der Waals surface area (Å²) in [7, 11) is 0. The van der Waals surface area contributed by atoms with Crippen molar-refractivity contribution in [2.45, 2.75) is 18.8 Å². The normalized spacial score (nSPS) is 14.7. The van der Waals surface area contributed by atoms with Crippen molar-refractivity contribution in [3.05, 3.63) is 54.7 Å². The van der Waals surface area contributed by atoms with Crippen LogP contribution in [-0.4, -0.2) is 14.5 Å². The second kappa shape index (κ2) is 4.64. The van der Waals surface area contributed by atoms with E-state index in [2.05, 4.69) is 25.9 Å². The lowest BCUT2D eigenvalue weighted by molar-refractivity contribution is 0.891. The Balaban J connectivity index is 1.99. The van der Waals surface area contributed by atoms with Gasteiger partial charge in [0.25, 0.3) is 5.56 Å². The molecule has 0 aromatic carbocycles. The molecule has 3 aromatic rings. The standard InChI is InChI=1S/C14H10BrN3O2S/c15-11-4-10-12(21-11)13(19)18(14(20)17-10)9-3-8(5-16-6-9)7-1-2-7/h3-7H,1-2H2,(H,17,20). The molecule has 5 nitrogen and oxygen atoms in total. The first-order chi connectivity index (χ1) is 10.1. The number of H-pyrrole nitrogens is 1. The van der Waals surface area contributed by atoms with E-state index in [0.29, 0.717) is 21.8 Å². The van der Waals surface area contributed by atoms with Gasteiger partial charge in [-0.2, -0.15) is 0 Å². The smallest absolute Gasteiger partial charge is 0.305 e. The van der Waals surface area contributed by atoms with Gasteiger partial charge in [-0.25, -0.2) is 9.36 Å². The van der Waals surface area contributed by atoms with Crippen molar-refractivity contribution in [1.29, 1.82) is 0 Å². The SMILES string of the molecule is O=c1[nH]c2cc(Br)sc2c(=O)n1-c1cncc(C2CC2)c1. The molecule has 7 heteroatoms. The summed E-state index contributed by atoms with van der Waals surface area (Å²) in [5, 5.41) is 0. The van der Waals surface area contributed by atoms with E-state index in [1.807, 2.05) is 6.07 Å². The highest BCUT2D eigenvalue weighted by molar-refractivity contribution is 9.11. The lowest BCUT2D eigenvalue weighted by Crippen LogP contribution is -2.33. The zero-order valence-electron chi connectivity index (χ0n) is 10.8. The lowest BCUT2D eigenvalue weighted by Gasteiger charge is -2.06. The summed E-state index contributed by atoms with van der Waals surface area (Å²) in [6, 6.07) is 3.63. The summed E-state index contributed by atoms with van der Waals surface area (Å²) in [4.78, 5) is 31.7. The number of aromatic amines is 1. The number of nitrogens with one attached hydrogen (secondary N) is 1. The van der Waals surface area contributed by atoms with Gasteiger partial charge >= 0.3 is 5.69 Å². The number of aromatic nitrogens is 3. The Morgan fingerprint density at radius 2 is 2.10 bits per heavy atom. The van der Waals surface area contributed by atoms with Gasteiger partial charge in [-0.3, -0.25) is 9.78 Å². The minimum absolute atomic E-state index is 0.306. The van der Waals surface area contributed by atoms with E-state index in [1.54, 1.807) is 18.5 Å². The third-order valence-corrected chi connectivity index (χ3v) is 5.22. The number of hydrogen-bond acceptors (Lipinski definition) is 4. The molecular weight excluding hydrogens is 354 g/mol. The average Bonchev–Trinajstić information content (AvgIpc) is 3.23. The summed E-state index contributed by atoms with van der Waals surface area (Å²) in [5.41, 5.74) is 1.43. The van der Waals surface area contributed by atoms with Crippen molar-refractivity contribution in [2.75, 3.05) is 0 Å². The number of fused-ring (bicyclic) bond motifs is 1. The van der Waals surface area contributed by atoms with E-state index in [1.165, 1.54) is 11.3 Å². The van der Waals surface area contributed by atoms with E-state index >= 15 is 0 Å². The molecule has 0 aliphatic heterocycles. The van der Waals surface area contributed by atoms with Crippen LogP contribution in [0.15, 0.2) is 37.9 Å². The maximum atomic E-state index is 12.6. The Kier molecular flexibility index (Phi) is 2.87. The molecule has 106 valence electrons. The lowest BCUT2D eigenvalue weighted by atomic mass is 10.2. The first kappa shape index (κ1) is 13.0. The van der Waals surface area contributed by atoms with Crippen LogP contribution in [0.4, 0.5) is 0 Å². The van der Waals surface area contributed by atoms with Gasteiger partial charge in [-0.15, -0.1) is 11.3 Å². The molecule has 3 heterocycles. The highest BCUT2D eigenvalue weighted by atomic mass is 79.9. The van der Waals surface area contributed by atoms with Crippen LogP contribution in [0.1, 0.15) is 24.3 Å². The summed E-state index contributed by atoms with van der Waals surface area (Å²) in [6.45, 7) is 0. The second-order valence-corrected chi connectivity index (χ2v) is 7.55. The maximum Gasteiger partial charge on any atom is 0.333 e. The molecule has 0 radical (unpaired) electrons. The first-order valence-corrected chi connectivity index (χ1v) is 8.14. The third kappa shape index (κ3) is 2.16. The van der Waals surface area contributed by atoms with Crippen molar-refractivity contribution in [2.24, 2.45) is 0 Å². The van der Waals surface area contributed by atoms with Crippen LogP contribution in [0.3, 0.4) is 0 Å². The number of halogens is 1. The van der Waals surface area contributed by atoms with Crippen LogP contribution in [0.2, 0.25) is 0 Å². The number of hydrogen-bond donors (Lipinski definition) is 1. The summed E-state index contributed by atoms with van der Waals surface area (Å²) in [6.07, 6.45) is 5.65. The van der Waals surface area contributed by atoms with E-state index in [0.717, 1.165) is 26.8 Å². The minimum atomic E-state index is -0.437. The van der Waals surface area contributed by atoms with Crippen LogP contribution in [0, 0.1) is 0 Å². The van der Waals surface area contributed by atoms with E-state index in [4.69, 9.17) is 0 Å². The molecule has 1 aliphatic carbocycles. The fourth-order valence-corrected chi connectivity index (χ4v) is 3.90. The molecule has 4 rings (SSSR count). The zero-order chi connectivity index (χ0) is 14.6. The number of nitrogens with zero attached hydrogens (tertiary/aromatic N) is 2. The minimum Gasteiger partial charge on any atom is -0.305 e. The van der Waals surface area contributed by atoms with Gasteiger partial charge in [0.2, 0.25) is 0 Å². The quantitative estimate of drug-likeness (QED) is 0.760. The fraction of sp³-hybridized carbons (Fsp3) is 0.214. The highest BCUT2D eigenvalue weighted by Crippen LogP contribution is 2.40. The third-order valence-electron chi connectivity index (χ3n) is 3.60.